The number of nitrogens with zero attached hydrogens (tertiary/aromatic N) is 4. The second kappa shape index (κ2) is 16.8. The number of imidazole rings is 2. The lowest BCUT2D eigenvalue weighted by Gasteiger charge is -2.27. The number of nitrogens with one attached hydrogen (secondary N) is 4. The van der Waals surface area contributed by atoms with Gasteiger partial charge in [0.1, 0.15) is 23.7 Å². The van der Waals surface area contributed by atoms with Crippen LogP contribution in [0.15, 0.2) is 53.7 Å². The van der Waals surface area contributed by atoms with Gasteiger partial charge in [-0.05, 0) is 60.6 Å². The fourth-order valence-electron chi connectivity index (χ4n) is 5.88. The summed E-state index contributed by atoms with van der Waals surface area (Å²) in [4.78, 5) is 69.2. The SMILES string of the molecule is COOC=N[C@H](C(=O)N1CCC[C@H]1c1nc2ccc(C#Cc3ccc(-c4cnc(CNC(=O)[C@@H](NC(=O)OC)C(C)C)[nH]4)cc3)cc2[nH]1)C(C)C. The van der Waals surface area contributed by atoms with Crippen LogP contribution in [0.4, 0.5) is 4.79 Å². The third kappa shape index (κ3) is 9.11. The number of amides is 3. The van der Waals surface area contributed by atoms with Gasteiger partial charge in [-0.2, -0.15) is 4.89 Å². The van der Waals surface area contributed by atoms with Crippen LogP contribution in [0.2, 0.25) is 0 Å². The Bertz CT molecular complexity index is 1920. The van der Waals surface area contributed by atoms with Crippen LogP contribution in [0.5, 0.6) is 0 Å². The van der Waals surface area contributed by atoms with Gasteiger partial charge in [0.2, 0.25) is 18.2 Å². The summed E-state index contributed by atoms with van der Waals surface area (Å²) >= 11 is 0. The lowest BCUT2D eigenvalue weighted by molar-refractivity contribution is -0.188. The van der Waals surface area contributed by atoms with Crippen LogP contribution in [0.1, 0.15) is 69.4 Å². The second-order valence-corrected chi connectivity index (χ2v) is 12.9. The predicted octanol–water partition coefficient (Wildman–Crippen LogP) is 4.64. The van der Waals surface area contributed by atoms with Crippen molar-refractivity contribution in [1.29, 1.82) is 0 Å². The lowest BCUT2D eigenvalue weighted by atomic mass is 10.0. The molecule has 0 bridgehead atoms. The first-order valence-electron chi connectivity index (χ1n) is 16.9. The van der Waals surface area contributed by atoms with Crippen LogP contribution in [0.3, 0.4) is 0 Å². The molecule has 0 saturated carbocycles. The summed E-state index contributed by atoms with van der Waals surface area (Å²) in [5, 5.41) is 5.36. The van der Waals surface area contributed by atoms with E-state index in [0.29, 0.717) is 12.4 Å². The lowest BCUT2D eigenvalue weighted by Crippen LogP contribution is -2.49. The minimum atomic E-state index is -0.730. The summed E-state index contributed by atoms with van der Waals surface area (Å²) < 4.78 is 4.63. The highest BCUT2D eigenvalue weighted by Gasteiger charge is 2.36. The van der Waals surface area contributed by atoms with Crippen LogP contribution >= 0.6 is 0 Å². The number of hydrogen-bond acceptors (Lipinski definition) is 9. The molecule has 3 amide bonds. The van der Waals surface area contributed by atoms with Crippen LogP contribution in [-0.2, 0) is 30.6 Å². The van der Waals surface area contributed by atoms with Gasteiger partial charge in [-0.1, -0.05) is 51.7 Å². The van der Waals surface area contributed by atoms with Crippen molar-refractivity contribution < 1.29 is 28.9 Å². The van der Waals surface area contributed by atoms with Crippen LogP contribution in [-0.4, -0.2) is 82.0 Å². The Labute approximate surface area is 296 Å². The number of likely N-dealkylation sites (tertiary alicyclic amines) is 1. The molecule has 4 N–H and O–H groups in total. The zero-order valence-corrected chi connectivity index (χ0v) is 29.6. The van der Waals surface area contributed by atoms with E-state index in [2.05, 4.69) is 52.0 Å². The fraction of sp³-hybridized carbons (Fsp3) is 0.405. The molecule has 51 heavy (non-hydrogen) atoms. The number of rotatable bonds is 12. The van der Waals surface area contributed by atoms with E-state index < -0.39 is 18.2 Å². The summed E-state index contributed by atoms with van der Waals surface area (Å²) in [6.45, 7) is 8.39. The molecule has 2 aromatic carbocycles. The monoisotopic (exact) mass is 696 g/mol. The summed E-state index contributed by atoms with van der Waals surface area (Å²) in [5.74, 6) is 7.25. The van der Waals surface area contributed by atoms with Crippen molar-refractivity contribution >= 4 is 35.3 Å². The van der Waals surface area contributed by atoms with Crippen molar-refractivity contribution in [3.05, 3.63) is 71.4 Å². The van der Waals surface area contributed by atoms with Gasteiger partial charge in [0.05, 0.1) is 49.7 Å². The van der Waals surface area contributed by atoms with E-state index in [1.165, 1.54) is 20.6 Å². The zero-order valence-electron chi connectivity index (χ0n) is 29.6. The van der Waals surface area contributed by atoms with Gasteiger partial charge in [-0.25, -0.2) is 19.8 Å². The molecule has 0 spiro atoms. The van der Waals surface area contributed by atoms with E-state index in [1.807, 2.05) is 75.1 Å². The maximum Gasteiger partial charge on any atom is 0.407 e. The average Bonchev–Trinajstić information content (AvgIpc) is 3.90. The number of benzene rings is 2. The highest BCUT2D eigenvalue weighted by Crippen LogP contribution is 2.33. The molecule has 0 aliphatic carbocycles. The summed E-state index contributed by atoms with van der Waals surface area (Å²) in [6, 6.07) is 12.1. The van der Waals surface area contributed by atoms with E-state index in [0.717, 1.165) is 52.1 Å². The standard InChI is InChI=1S/C37H44N8O6/c1-22(2)32(44-37(48)49-5)35(46)39-20-31-38-19-29(41-31)26-14-11-24(12-15-26)9-10-25-13-16-27-28(18-25)43-34(42-27)30-8-7-17-45(30)36(47)33(23(3)4)40-21-51-50-6/h11-16,18-19,21-23,30,32-33H,7-8,17,20H2,1-6H3,(H,38,41)(H,39,46)(H,42,43)(H,44,48)/t30-,32-,33-/m0/s1. The van der Waals surface area contributed by atoms with E-state index in [9.17, 15) is 14.4 Å². The number of aliphatic imine (C=N–C) groups is 1. The summed E-state index contributed by atoms with van der Waals surface area (Å²) in [6.07, 6.45) is 3.90. The Morgan fingerprint density at radius 2 is 1.78 bits per heavy atom. The van der Waals surface area contributed by atoms with Gasteiger partial charge < -0.3 is 35.1 Å². The quantitative estimate of drug-likeness (QED) is 0.0545. The molecule has 268 valence electrons. The number of fused-ring (bicyclic) bond motifs is 1. The van der Waals surface area contributed by atoms with Gasteiger partial charge >= 0.3 is 6.09 Å². The molecule has 1 aliphatic rings. The van der Waals surface area contributed by atoms with Gasteiger partial charge in [-0.15, -0.1) is 0 Å². The number of alkyl carbamates (subject to hydrolysis) is 1. The Morgan fingerprint density at radius 3 is 2.49 bits per heavy atom. The van der Waals surface area contributed by atoms with Crippen LogP contribution in [0.25, 0.3) is 22.3 Å². The number of H-pyrrole nitrogens is 2. The molecule has 5 rings (SSSR count). The number of hydrogen-bond donors (Lipinski definition) is 4. The van der Waals surface area contributed by atoms with Crippen molar-refractivity contribution in [3.8, 4) is 23.1 Å². The molecule has 0 unspecified atom stereocenters. The first kappa shape index (κ1) is 36.6. The average molecular weight is 697 g/mol. The van der Waals surface area contributed by atoms with Crippen molar-refractivity contribution in [2.24, 2.45) is 16.8 Å². The Kier molecular flexibility index (Phi) is 12.1. The normalized spacial score (nSPS) is 15.5. The highest BCUT2D eigenvalue weighted by atomic mass is 17.2. The van der Waals surface area contributed by atoms with Gasteiger partial charge in [0.15, 0.2) is 0 Å². The van der Waals surface area contributed by atoms with Gasteiger partial charge in [0, 0.05) is 17.7 Å². The number of carbonyl (C=O) groups excluding carboxylic acids is 3. The summed E-state index contributed by atoms with van der Waals surface area (Å²) in [5.41, 5.74) is 5.04. The van der Waals surface area contributed by atoms with Crippen LogP contribution in [0, 0.1) is 23.7 Å². The number of aromatic nitrogens is 4. The zero-order chi connectivity index (χ0) is 36.5. The molecule has 14 heteroatoms. The van der Waals surface area contributed by atoms with E-state index >= 15 is 0 Å². The molecule has 1 fully saturated rings. The molecule has 1 saturated heterocycles. The third-order valence-corrected chi connectivity index (χ3v) is 8.61. The molecule has 4 aromatic rings. The molecule has 0 radical (unpaired) electrons. The number of aromatic amines is 2. The predicted molar refractivity (Wildman–Crippen MR) is 191 cm³/mol. The Balaban J connectivity index is 1.22. The van der Waals surface area contributed by atoms with Crippen molar-refractivity contribution in [2.75, 3.05) is 20.8 Å². The van der Waals surface area contributed by atoms with E-state index in [1.54, 1.807) is 6.20 Å². The topological polar surface area (TPSA) is 176 Å². The first-order valence-corrected chi connectivity index (χ1v) is 16.9. The van der Waals surface area contributed by atoms with Gasteiger partial charge in [0.25, 0.3) is 0 Å². The van der Waals surface area contributed by atoms with Crippen LogP contribution < -0.4 is 10.6 Å². The largest absolute Gasteiger partial charge is 0.453 e. The van der Waals surface area contributed by atoms with Crippen molar-refractivity contribution in [3.63, 3.8) is 0 Å². The Morgan fingerprint density at radius 1 is 1.04 bits per heavy atom. The minimum Gasteiger partial charge on any atom is -0.453 e. The number of methoxy groups -OCH3 is 1. The van der Waals surface area contributed by atoms with Crippen molar-refractivity contribution in [2.45, 2.75) is 65.2 Å². The maximum atomic E-state index is 13.5. The molecule has 14 nitrogen and oxygen atoms in total. The Hall–Kier alpha value is -5.68. The molecule has 2 aromatic heterocycles. The third-order valence-electron chi connectivity index (χ3n) is 8.61. The molecule has 1 aliphatic heterocycles. The minimum absolute atomic E-state index is 0.0178. The second-order valence-electron chi connectivity index (χ2n) is 12.9. The van der Waals surface area contributed by atoms with Crippen molar-refractivity contribution in [1.82, 2.24) is 35.5 Å². The maximum absolute atomic E-state index is 13.5. The molecule has 3 heterocycles. The van der Waals surface area contributed by atoms with Gasteiger partial charge in [-0.3, -0.25) is 9.59 Å². The smallest absolute Gasteiger partial charge is 0.407 e. The van der Waals surface area contributed by atoms with E-state index in [-0.39, 0.29) is 36.2 Å². The molecule has 3 atom stereocenters. The fourth-order valence-corrected chi connectivity index (χ4v) is 5.88. The molecular weight excluding hydrogens is 652 g/mol. The number of carbonyl (C=O) groups is 3. The highest BCUT2D eigenvalue weighted by molar-refractivity contribution is 5.86. The first-order chi connectivity index (χ1) is 24.6. The number of ether oxygens (including phenoxy) is 1. The van der Waals surface area contributed by atoms with E-state index in [4.69, 9.17) is 9.87 Å². The summed E-state index contributed by atoms with van der Waals surface area (Å²) in [7, 11) is 2.64. The molecular formula is C37H44N8O6.